The molecule has 0 fully saturated rings. The lowest BCUT2D eigenvalue weighted by atomic mass is 10.0. The number of fused-ring (bicyclic) bond motifs is 1. The number of nitrogens with one attached hydrogen (secondary N) is 1. The van der Waals surface area contributed by atoms with Gasteiger partial charge in [-0.05, 0) is 48.2 Å². The minimum absolute atomic E-state index is 0.124. The Morgan fingerprint density at radius 1 is 1.10 bits per heavy atom. The number of rotatable bonds is 1. The summed E-state index contributed by atoms with van der Waals surface area (Å²) in [7, 11) is 0. The van der Waals surface area contributed by atoms with E-state index in [2.05, 4.69) is 4.98 Å². The van der Waals surface area contributed by atoms with E-state index in [1.807, 2.05) is 31.2 Å². The van der Waals surface area contributed by atoms with Crippen molar-refractivity contribution in [3.05, 3.63) is 63.4 Å². The highest BCUT2D eigenvalue weighted by Crippen LogP contribution is 2.29. The van der Waals surface area contributed by atoms with E-state index in [1.165, 1.54) is 0 Å². The normalized spacial score (nSPS) is 10.9. The molecule has 0 atom stereocenters. The van der Waals surface area contributed by atoms with Crippen molar-refractivity contribution >= 4 is 28.1 Å². The quantitative estimate of drug-likeness (QED) is 0.669. The van der Waals surface area contributed by atoms with Crippen molar-refractivity contribution in [2.24, 2.45) is 0 Å². The number of nitrogen functional groups attached to an aromatic ring is 1. The number of aromatic amines is 1. The highest BCUT2D eigenvalue weighted by Gasteiger charge is 2.08. The molecule has 0 saturated carbocycles. The van der Waals surface area contributed by atoms with Crippen molar-refractivity contribution in [1.29, 1.82) is 0 Å². The number of hydrogen-bond acceptors (Lipinski definition) is 2. The van der Waals surface area contributed by atoms with Crippen LogP contribution in [0.5, 0.6) is 0 Å². The molecule has 3 rings (SSSR count). The van der Waals surface area contributed by atoms with Crippen LogP contribution in [-0.2, 0) is 0 Å². The summed E-state index contributed by atoms with van der Waals surface area (Å²) in [5.41, 5.74) is 8.89. The third-order valence-corrected chi connectivity index (χ3v) is 3.65. The van der Waals surface area contributed by atoms with Gasteiger partial charge in [0.15, 0.2) is 0 Å². The molecule has 0 unspecified atom stereocenters. The molecule has 0 aliphatic carbocycles. The molecule has 0 spiro atoms. The van der Waals surface area contributed by atoms with Crippen molar-refractivity contribution < 1.29 is 0 Å². The second-order valence-electron chi connectivity index (χ2n) is 4.78. The third-order valence-electron chi connectivity index (χ3n) is 3.41. The molecule has 1 heterocycles. The van der Waals surface area contributed by atoms with Gasteiger partial charge < -0.3 is 10.7 Å². The van der Waals surface area contributed by atoms with Crippen LogP contribution in [0.2, 0.25) is 5.02 Å². The number of H-pyrrole nitrogens is 1. The van der Waals surface area contributed by atoms with E-state index < -0.39 is 0 Å². The van der Waals surface area contributed by atoms with E-state index in [4.69, 9.17) is 17.3 Å². The lowest BCUT2D eigenvalue weighted by Gasteiger charge is -2.09. The van der Waals surface area contributed by atoms with Crippen LogP contribution >= 0.6 is 11.6 Å². The van der Waals surface area contributed by atoms with Gasteiger partial charge in [0.1, 0.15) is 0 Å². The summed E-state index contributed by atoms with van der Waals surface area (Å²) in [6, 6.07) is 12.8. The van der Waals surface area contributed by atoms with E-state index >= 15 is 0 Å². The van der Waals surface area contributed by atoms with Crippen molar-refractivity contribution in [3.8, 4) is 11.3 Å². The minimum Gasteiger partial charge on any atom is -0.398 e. The molecule has 3 nitrogen and oxygen atoms in total. The summed E-state index contributed by atoms with van der Waals surface area (Å²) in [5, 5.41) is 2.18. The summed E-state index contributed by atoms with van der Waals surface area (Å²) in [5.74, 6) is 0. The van der Waals surface area contributed by atoms with Gasteiger partial charge in [-0.1, -0.05) is 23.7 Å². The number of halogens is 1. The molecule has 2 aromatic carbocycles. The Hall–Kier alpha value is -2.26. The molecule has 0 amide bonds. The van der Waals surface area contributed by atoms with Crippen molar-refractivity contribution in [2.75, 3.05) is 5.73 Å². The van der Waals surface area contributed by atoms with Crippen LogP contribution in [0.1, 0.15) is 5.56 Å². The average molecular weight is 285 g/mol. The largest absolute Gasteiger partial charge is 0.398 e. The number of hydrogen-bond donors (Lipinski definition) is 2. The molecule has 0 bridgehead atoms. The average Bonchev–Trinajstić information content (AvgIpc) is 2.42. The van der Waals surface area contributed by atoms with Crippen LogP contribution in [-0.4, -0.2) is 4.98 Å². The number of aromatic nitrogens is 1. The number of aryl methyl sites for hydroxylation is 1. The summed E-state index contributed by atoms with van der Waals surface area (Å²) >= 11 is 6.01. The first kappa shape index (κ1) is 12.8. The van der Waals surface area contributed by atoms with E-state index in [9.17, 15) is 4.79 Å². The zero-order valence-corrected chi connectivity index (χ0v) is 11.7. The molecule has 0 aliphatic heterocycles. The molecular weight excluding hydrogens is 272 g/mol. The second kappa shape index (κ2) is 4.69. The zero-order valence-electron chi connectivity index (χ0n) is 10.9. The fourth-order valence-electron chi connectivity index (χ4n) is 2.35. The smallest absolute Gasteiger partial charge is 0.256 e. The highest BCUT2D eigenvalue weighted by molar-refractivity contribution is 6.31. The van der Waals surface area contributed by atoms with Gasteiger partial charge >= 0.3 is 0 Å². The Morgan fingerprint density at radius 3 is 2.70 bits per heavy atom. The summed E-state index contributed by atoms with van der Waals surface area (Å²) < 4.78 is 0. The first-order valence-electron chi connectivity index (χ1n) is 6.24. The fourth-order valence-corrected chi connectivity index (χ4v) is 2.52. The molecule has 3 N–H and O–H groups in total. The van der Waals surface area contributed by atoms with Gasteiger partial charge in [-0.2, -0.15) is 0 Å². The van der Waals surface area contributed by atoms with Crippen molar-refractivity contribution in [2.45, 2.75) is 6.92 Å². The number of pyridine rings is 1. The van der Waals surface area contributed by atoms with Gasteiger partial charge in [-0.3, -0.25) is 4.79 Å². The Labute approximate surface area is 121 Å². The minimum atomic E-state index is -0.124. The molecule has 20 heavy (non-hydrogen) atoms. The predicted molar refractivity (Wildman–Crippen MR) is 84.2 cm³/mol. The van der Waals surface area contributed by atoms with E-state index in [1.54, 1.807) is 18.2 Å². The Balaban J connectivity index is 2.35. The van der Waals surface area contributed by atoms with Gasteiger partial charge in [0.25, 0.3) is 5.56 Å². The number of nitrogens with two attached hydrogens (primary N) is 1. The van der Waals surface area contributed by atoms with E-state index in [0.717, 1.165) is 16.5 Å². The molecule has 0 aliphatic rings. The molecule has 100 valence electrons. The molecule has 3 aromatic rings. The lowest BCUT2D eigenvalue weighted by Crippen LogP contribution is -2.08. The summed E-state index contributed by atoms with van der Waals surface area (Å²) in [6.45, 7) is 1.98. The van der Waals surface area contributed by atoms with Crippen LogP contribution in [0.25, 0.3) is 22.0 Å². The van der Waals surface area contributed by atoms with E-state index in [0.29, 0.717) is 21.8 Å². The SMILES string of the molecule is Cc1cccc2c(=O)[nH]c(-c3cc(Cl)ccc3N)cc12. The second-order valence-corrected chi connectivity index (χ2v) is 5.22. The predicted octanol–water partition coefficient (Wildman–Crippen LogP) is 3.74. The standard InChI is InChI=1S/C16H13ClN2O/c1-9-3-2-4-11-12(9)8-15(19-16(11)20)13-7-10(17)5-6-14(13)18/h2-8H,18H2,1H3,(H,19,20). The van der Waals surface area contributed by atoms with Crippen LogP contribution < -0.4 is 11.3 Å². The molecule has 0 radical (unpaired) electrons. The maximum Gasteiger partial charge on any atom is 0.256 e. The summed E-state index contributed by atoms with van der Waals surface area (Å²) in [6.07, 6.45) is 0. The third kappa shape index (κ3) is 2.06. The van der Waals surface area contributed by atoms with Gasteiger partial charge in [0, 0.05) is 21.7 Å². The van der Waals surface area contributed by atoms with Gasteiger partial charge in [0.05, 0.1) is 5.69 Å². The lowest BCUT2D eigenvalue weighted by molar-refractivity contribution is 1.27. The fraction of sp³-hybridized carbons (Fsp3) is 0.0625. The van der Waals surface area contributed by atoms with Crippen LogP contribution in [0.4, 0.5) is 5.69 Å². The van der Waals surface area contributed by atoms with Crippen molar-refractivity contribution in [1.82, 2.24) is 4.98 Å². The number of benzene rings is 2. The van der Waals surface area contributed by atoms with Gasteiger partial charge in [-0.25, -0.2) is 0 Å². The first-order chi connectivity index (χ1) is 9.56. The van der Waals surface area contributed by atoms with Gasteiger partial charge in [0.2, 0.25) is 0 Å². The van der Waals surface area contributed by atoms with Crippen LogP contribution in [0, 0.1) is 6.92 Å². The van der Waals surface area contributed by atoms with Crippen LogP contribution in [0.15, 0.2) is 47.3 Å². The topological polar surface area (TPSA) is 58.9 Å². The maximum absolute atomic E-state index is 12.2. The molecule has 4 heteroatoms. The molecule has 1 aromatic heterocycles. The van der Waals surface area contributed by atoms with Crippen LogP contribution in [0.3, 0.4) is 0 Å². The highest BCUT2D eigenvalue weighted by atomic mass is 35.5. The zero-order chi connectivity index (χ0) is 14.3. The van der Waals surface area contributed by atoms with Crippen molar-refractivity contribution in [3.63, 3.8) is 0 Å². The number of anilines is 1. The first-order valence-corrected chi connectivity index (χ1v) is 6.62. The molecule has 0 saturated heterocycles. The Morgan fingerprint density at radius 2 is 1.90 bits per heavy atom. The maximum atomic E-state index is 12.2. The van der Waals surface area contributed by atoms with E-state index in [-0.39, 0.29) is 5.56 Å². The molecular formula is C16H13ClN2O. The Kier molecular flexibility index (Phi) is 2.99. The van der Waals surface area contributed by atoms with Gasteiger partial charge in [-0.15, -0.1) is 0 Å². The monoisotopic (exact) mass is 284 g/mol. The Bertz CT molecular complexity index is 868. The summed E-state index contributed by atoms with van der Waals surface area (Å²) in [4.78, 5) is 15.1.